The molecule has 7 nitrogen and oxygen atoms in total. The quantitative estimate of drug-likeness (QED) is 0.416. The zero-order chi connectivity index (χ0) is 22.2. The maximum absolute atomic E-state index is 13.0. The van der Waals surface area contributed by atoms with Crippen molar-refractivity contribution < 1.29 is 8.42 Å². The number of aromatic amines is 2. The third kappa shape index (κ3) is 4.02. The first-order chi connectivity index (χ1) is 14.8. The van der Waals surface area contributed by atoms with E-state index in [9.17, 15) is 18.0 Å². The summed E-state index contributed by atoms with van der Waals surface area (Å²) in [6.45, 7) is 3.72. The summed E-state index contributed by atoms with van der Waals surface area (Å²) in [6.07, 6.45) is 0.902. The van der Waals surface area contributed by atoms with Gasteiger partial charge in [0.1, 0.15) is 0 Å². The number of H-pyrrole nitrogens is 2. The van der Waals surface area contributed by atoms with E-state index in [0.29, 0.717) is 16.8 Å². The van der Waals surface area contributed by atoms with Crippen molar-refractivity contribution in [2.75, 3.05) is 4.72 Å². The van der Waals surface area contributed by atoms with Gasteiger partial charge >= 0.3 is 11.1 Å². The van der Waals surface area contributed by atoms with Gasteiger partial charge in [0.2, 0.25) is 0 Å². The molecular weight excluding hydrogens is 414 g/mol. The minimum Gasteiger partial charge on any atom is -0.316 e. The fourth-order valence-electron chi connectivity index (χ4n) is 3.58. The molecule has 0 atom stereocenters. The van der Waals surface area contributed by atoms with Gasteiger partial charge in [0, 0.05) is 5.69 Å². The van der Waals surface area contributed by atoms with Crippen LogP contribution in [0.15, 0.2) is 75.1 Å². The molecule has 0 saturated carbocycles. The highest BCUT2D eigenvalue weighted by atomic mass is 32.2. The van der Waals surface area contributed by atoms with E-state index >= 15 is 0 Å². The Hall–Kier alpha value is -3.65. The summed E-state index contributed by atoms with van der Waals surface area (Å²) in [5.74, 6) is 0. The van der Waals surface area contributed by atoms with Crippen LogP contribution in [0.1, 0.15) is 18.1 Å². The van der Waals surface area contributed by atoms with Gasteiger partial charge in [0.25, 0.3) is 10.0 Å². The van der Waals surface area contributed by atoms with Crippen molar-refractivity contribution >= 4 is 26.7 Å². The molecule has 3 N–H and O–H groups in total. The lowest BCUT2D eigenvalue weighted by atomic mass is 9.98. The molecule has 0 unspecified atom stereocenters. The summed E-state index contributed by atoms with van der Waals surface area (Å²) in [5.41, 5.74) is 3.17. The van der Waals surface area contributed by atoms with E-state index in [2.05, 4.69) is 27.7 Å². The SMILES string of the molecule is CCc1ccccc1-c1ccc(NS(=O)(=O)c2cc3[nH]c(=O)c(=O)[nH]c3cc2C)cc1. The van der Waals surface area contributed by atoms with E-state index in [1.54, 1.807) is 19.1 Å². The van der Waals surface area contributed by atoms with Crippen molar-refractivity contribution in [3.8, 4) is 11.1 Å². The Labute approximate surface area is 178 Å². The highest BCUT2D eigenvalue weighted by molar-refractivity contribution is 7.92. The molecule has 0 aliphatic carbocycles. The first-order valence-electron chi connectivity index (χ1n) is 9.76. The van der Waals surface area contributed by atoms with Crippen molar-refractivity contribution in [1.29, 1.82) is 0 Å². The molecule has 0 amide bonds. The minimum absolute atomic E-state index is 0.0168. The second-order valence-corrected chi connectivity index (χ2v) is 8.92. The van der Waals surface area contributed by atoms with E-state index < -0.39 is 21.1 Å². The molecule has 0 aliphatic rings. The normalized spacial score (nSPS) is 11.5. The standard InChI is InChI=1S/C23H21N3O4S/c1-3-15-6-4-5-7-18(15)16-8-10-17(11-9-16)26-31(29,30)21-13-20-19(12-14(21)2)24-22(27)23(28)25-20/h4-13,26H,3H2,1-2H3,(H,24,27)(H,25,28). The number of hydrogen-bond donors (Lipinski definition) is 3. The molecular formula is C23H21N3O4S. The number of anilines is 1. The number of aromatic nitrogens is 2. The summed E-state index contributed by atoms with van der Waals surface area (Å²) in [7, 11) is -3.91. The van der Waals surface area contributed by atoms with Gasteiger partial charge in [-0.05, 0) is 59.9 Å². The van der Waals surface area contributed by atoms with Crippen molar-refractivity contribution in [2.24, 2.45) is 0 Å². The largest absolute Gasteiger partial charge is 0.316 e. The van der Waals surface area contributed by atoms with Gasteiger partial charge in [-0.1, -0.05) is 43.3 Å². The summed E-state index contributed by atoms with van der Waals surface area (Å²) >= 11 is 0. The Balaban J connectivity index is 1.67. The van der Waals surface area contributed by atoms with E-state index in [4.69, 9.17) is 0 Å². The second kappa shape index (κ2) is 7.88. The number of benzene rings is 3. The Kier molecular flexibility index (Phi) is 5.24. The van der Waals surface area contributed by atoms with Gasteiger partial charge in [0.15, 0.2) is 0 Å². The predicted molar refractivity (Wildman–Crippen MR) is 122 cm³/mol. The first kappa shape index (κ1) is 20.6. The Morgan fingerprint density at radius 1 is 0.871 bits per heavy atom. The third-order valence-electron chi connectivity index (χ3n) is 5.15. The highest BCUT2D eigenvalue weighted by Crippen LogP contribution is 2.27. The number of sulfonamides is 1. The van der Waals surface area contributed by atoms with E-state index in [1.165, 1.54) is 17.7 Å². The van der Waals surface area contributed by atoms with Gasteiger partial charge in [-0.2, -0.15) is 0 Å². The monoisotopic (exact) mass is 435 g/mol. The van der Waals surface area contributed by atoms with Crippen LogP contribution in [0.3, 0.4) is 0 Å². The zero-order valence-electron chi connectivity index (χ0n) is 17.0. The van der Waals surface area contributed by atoms with Crippen molar-refractivity contribution in [3.63, 3.8) is 0 Å². The van der Waals surface area contributed by atoms with Crippen molar-refractivity contribution in [3.05, 3.63) is 92.5 Å². The lowest BCUT2D eigenvalue weighted by molar-refractivity contribution is 0.600. The lowest BCUT2D eigenvalue weighted by Crippen LogP contribution is -2.29. The molecule has 4 rings (SSSR count). The topological polar surface area (TPSA) is 112 Å². The number of aryl methyl sites for hydroxylation is 2. The van der Waals surface area contributed by atoms with E-state index in [0.717, 1.165) is 17.5 Å². The molecule has 4 aromatic rings. The van der Waals surface area contributed by atoms with Crippen LogP contribution in [0.5, 0.6) is 0 Å². The predicted octanol–water partition coefficient (Wildman–Crippen LogP) is 3.56. The zero-order valence-corrected chi connectivity index (χ0v) is 17.8. The summed E-state index contributed by atoms with van der Waals surface area (Å²) < 4.78 is 28.6. The molecule has 158 valence electrons. The van der Waals surface area contributed by atoms with Crippen molar-refractivity contribution in [1.82, 2.24) is 9.97 Å². The van der Waals surface area contributed by atoms with Gasteiger partial charge in [0.05, 0.1) is 15.9 Å². The average molecular weight is 436 g/mol. The Morgan fingerprint density at radius 2 is 1.48 bits per heavy atom. The van der Waals surface area contributed by atoms with Crippen LogP contribution >= 0.6 is 0 Å². The number of hydrogen-bond acceptors (Lipinski definition) is 4. The fourth-order valence-corrected chi connectivity index (χ4v) is 4.89. The number of fused-ring (bicyclic) bond motifs is 1. The summed E-state index contributed by atoms with van der Waals surface area (Å²) in [4.78, 5) is 28.0. The summed E-state index contributed by atoms with van der Waals surface area (Å²) in [6, 6.07) is 18.1. The summed E-state index contributed by atoms with van der Waals surface area (Å²) in [5, 5.41) is 0. The van der Waals surface area contributed by atoms with Crippen LogP contribution in [0, 0.1) is 6.92 Å². The fraction of sp³-hybridized carbons (Fsp3) is 0.130. The lowest BCUT2D eigenvalue weighted by Gasteiger charge is -2.13. The van der Waals surface area contributed by atoms with Crippen molar-refractivity contribution in [2.45, 2.75) is 25.2 Å². The van der Waals surface area contributed by atoms with Crippen LogP contribution in [-0.4, -0.2) is 18.4 Å². The minimum atomic E-state index is -3.91. The molecule has 8 heteroatoms. The van der Waals surface area contributed by atoms with Crippen LogP contribution in [0.2, 0.25) is 0 Å². The third-order valence-corrected chi connectivity index (χ3v) is 6.68. The molecule has 0 fully saturated rings. The maximum Gasteiger partial charge on any atom is 0.314 e. The van der Waals surface area contributed by atoms with E-state index in [-0.39, 0.29) is 10.4 Å². The first-order valence-corrected chi connectivity index (χ1v) is 11.2. The molecule has 0 bridgehead atoms. The second-order valence-electron chi connectivity index (χ2n) is 7.27. The van der Waals surface area contributed by atoms with Gasteiger partial charge in [-0.25, -0.2) is 8.42 Å². The molecule has 31 heavy (non-hydrogen) atoms. The molecule has 1 aromatic heterocycles. The Morgan fingerprint density at radius 3 is 2.13 bits per heavy atom. The molecule has 0 radical (unpaired) electrons. The number of nitrogens with one attached hydrogen (secondary N) is 3. The van der Waals surface area contributed by atoms with Gasteiger partial charge in [-0.15, -0.1) is 0 Å². The average Bonchev–Trinajstić information content (AvgIpc) is 2.75. The van der Waals surface area contributed by atoms with Crippen LogP contribution in [-0.2, 0) is 16.4 Å². The molecule has 0 spiro atoms. The van der Waals surface area contributed by atoms with Gasteiger partial charge in [-0.3, -0.25) is 14.3 Å². The maximum atomic E-state index is 13.0. The molecule has 0 saturated heterocycles. The van der Waals surface area contributed by atoms with E-state index in [1.807, 2.05) is 30.3 Å². The smallest absolute Gasteiger partial charge is 0.314 e. The van der Waals surface area contributed by atoms with Crippen LogP contribution in [0.4, 0.5) is 5.69 Å². The molecule has 3 aromatic carbocycles. The van der Waals surface area contributed by atoms with Crippen LogP contribution in [0.25, 0.3) is 22.2 Å². The molecule has 1 heterocycles. The molecule has 0 aliphatic heterocycles. The Bertz CT molecular complexity index is 1500. The highest BCUT2D eigenvalue weighted by Gasteiger charge is 2.19. The number of rotatable bonds is 5. The van der Waals surface area contributed by atoms with Crippen LogP contribution < -0.4 is 15.8 Å². The van der Waals surface area contributed by atoms with Gasteiger partial charge < -0.3 is 9.97 Å².